The highest BCUT2D eigenvalue weighted by Gasteiger charge is 2.33. The smallest absolute Gasteiger partial charge is 0.306 e. The SMILES string of the molecule is COC(=O)C[C@H](c1cc(OC)c2c(c1)OCCO2)c1c(O)c(O)c(O)c2c(=O)cc(-c3ccccc3)oc12. The maximum Gasteiger partial charge on any atom is 0.306 e. The fourth-order valence-corrected chi connectivity index (χ4v) is 4.57. The molecule has 1 aromatic heterocycles. The molecule has 196 valence electrons. The van der Waals surface area contributed by atoms with E-state index in [0.717, 1.165) is 0 Å². The van der Waals surface area contributed by atoms with Gasteiger partial charge in [0.2, 0.25) is 11.5 Å². The third-order valence-corrected chi connectivity index (χ3v) is 6.39. The molecule has 3 N–H and O–H groups in total. The highest BCUT2D eigenvalue weighted by Crippen LogP contribution is 2.51. The van der Waals surface area contributed by atoms with E-state index in [0.29, 0.717) is 35.0 Å². The standard InChI is InChI=1S/C28H24O10/c1-34-19-10-15(11-20-27(19)37-9-8-36-20)16(12-21(30)35-2)22-24(31)26(33)25(32)23-17(29)13-18(38-28(22)23)14-6-4-3-5-7-14/h3-7,10-11,13,16,31-33H,8-9,12H2,1-2H3/t16-/m1/s1. The van der Waals surface area contributed by atoms with Crippen molar-refractivity contribution in [2.75, 3.05) is 27.4 Å². The second-order valence-corrected chi connectivity index (χ2v) is 8.58. The van der Waals surface area contributed by atoms with Crippen LogP contribution in [-0.2, 0) is 9.53 Å². The van der Waals surface area contributed by atoms with E-state index >= 15 is 0 Å². The first kappa shape index (κ1) is 24.8. The number of methoxy groups -OCH3 is 2. The number of phenols is 3. The van der Waals surface area contributed by atoms with Crippen LogP contribution >= 0.6 is 0 Å². The van der Waals surface area contributed by atoms with E-state index in [1.165, 1.54) is 20.3 Å². The summed E-state index contributed by atoms with van der Waals surface area (Å²) in [7, 11) is 2.65. The summed E-state index contributed by atoms with van der Waals surface area (Å²) in [4.78, 5) is 25.7. The van der Waals surface area contributed by atoms with Crippen LogP contribution in [0.4, 0.5) is 0 Å². The zero-order chi connectivity index (χ0) is 27.0. The number of ether oxygens (including phenoxy) is 4. The van der Waals surface area contributed by atoms with Gasteiger partial charge in [0.1, 0.15) is 29.9 Å². The molecule has 0 saturated carbocycles. The molecule has 0 fully saturated rings. The maximum absolute atomic E-state index is 13.2. The van der Waals surface area contributed by atoms with Crippen LogP contribution in [0, 0.1) is 0 Å². The Hall–Kier alpha value is -4.86. The molecule has 38 heavy (non-hydrogen) atoms. The third-order valence-electron chi connectivity index (χ3n) is 6.39. The van der Waals surface area contributed by atoms with Crippen molar-refractivity contribution in [2.45, 2.75) is 12.3 Å². The molecule has 0 aliphatic carbocycles. The second-order valence-electron chi connectivity index (χ2n) is 8.58. The fourth-order valence-electron chi connectivity index (χ4n) is 4.57. The minimum Gasteiger partial charge on any atom is -0.504 e. The summed E-state index contributed by atoms with van der Waals surface area (Å²) in [5.74, 6) is -3.01. The molecule has 3 aromatic carbocycles. The first-order valence-corrected chi connectivity index (χ1v) is 11.7. The highest BCUT2D eigenvalue weighted by molar-refractivity contribution is 5.93. The molecule has 1 atom stereocenters. The molecule has 0 bridgehead atoms. The summed E-state index contributed by atoms with van der Waals surface area (Å²) in [6, 6.07) is 13.1. The molecule has 0 radical (unpaired) electrons. The van der Waals surface area contributed by atoms with Crippen LogP contribution in [0.2, 0.25) is 0 Å². The average Bonchev–Trinajstić information content (AvgIpc) is 2.94. The van der Waals surface area contributed by atoms with Crippen molar-refractivity contribution in [3.05, 3.63) is 69.9 Å². The van der Waals surface area contributed by atoms with Crippen molar-refractivity contribution in [3.63, 3.8) is 0 Å². The van der Waals surface area contributed by atoms with Gasteiger partial charge in [0, 0.05) is 23.1 Å². The summed E-state index contributed by atoms with van der Waals surface area (Å²) in [5.41, 5.74) is 0.0120. The Morgan fingerprint density at radius 3 is 2.42 bits per heavy atom. The van der Waals surface area contributed by atoms with Crippen LogP contribution in [0.15, 0.2) is 57.7 Å². The van der Waals surface area contributed by atoms with Gasteiger partial charge in [0.05, 0.1) is 20.6 Å². The van der Waals surface area contributed by atoms with Crippen molar-refractivity contribution in [1.82, 2.24) is 0 Å². The van der Waals surface area contributed by atoms with Gasteiger partial charge < -0.3 is 38.7 Å². The summed E-state index contributed by atoms with van der Waals surface area (Å²) >= 11 is 0. The third kappa shape index (κ3) is 4.19. The largest absolute Gasteiger partial charge is 0.504 e. The van der Waals surface area contributed by atoms with Crippen molar-refractivity contribution < 1.29 is 43.5 Å². The number of hydrogen-bond acceptors (Lipinski definition) is 10. The van der Waals surface area contributed by atoms with E-state index in [4.69, 9.17) is 23.4 Å². The number of carbonyl (C=O) groups excluding carboxylic acids is 1. The van der Waals surface area contributed by atoms with E-state index in [-0.39, 0.29) is 35.3 Å². The Bertz CT molecular complexity index is 1570. The number of rotatable bonds is 6. The van der Waals surface area contributed by atoms with E-state index < -0.39 is 34.6 Å². The second kappa shape index (κ2) is 9.89. The predicted octanol–water partition coefficient (Wildman–Crippen LogP) is 4.05. The summed E-state index contributed by atoms with van der Waals surface area (Å²) < 4.78 is 27.9. The lowest BCUT2D eigenvalue weighted by Crippen LogP contribution is -2.17. The lowest BCUT2D eigenvalue weighted by Gasteiger charge is -2.25. The molecule has 2 heterocycles. The number of phenolic OH excluding ortho intramolecular Hbond substituents is 3. The van der Waals surface area contributed by atoms with Crippen LogP contribution in [0.1, 0.15) is 23.5 Å². The Balaban J connectivity index is 1.84. The highest BCUT2D eigenvalue weighted by atomic mass is 16.6. The first-order chi connectivity index (χ1) is 18.3. The minimum atomic E-state index is -1.03. The number of carbonyl (C=O) groups is 1. The Labute approximate surface area is 216 Å². The van der Waals surface area contributed by atoms with Crippen molar-refractivity contribution in [1.29, 1.82) is 0 Å². The minimum absolute atomic E-state index is 0.102. The molecule has 1 aliphatic heterocycles. The molecule has 0 unspecified atom stereocenters. The number of aromatic hydroxyl groups is 3. The van der Waals surface area contributed by atoms with Crippen LogP contribution in [0.25, 0.3) is 22.3 Å². The van der Waals surface area contributed by atoms with Gasteiger partial charge in [-0.25, -0.2) is 0 Å². The van der Waals surface area contributed by atoms with Gasteiger partial charge >= 0.3 is 5.97 Å². The predicted molar refractivity (Wildman–Crippen MR) is 135 cm³/mol. The Morgan fingerprint density at radius 1 is 0.974 bits per heavy atom. The molecular formula is C28H24O10. The average molecular weight is 520 g/mol. The van der Waals surface area contributed by atoms with Gasteiger partial charge in [-0.1, -0.05) is 30.3 Å². The maximum atomic E-state index is 13.2. The lowest BCUT2D eigenvalue weighted by atomic mass is 9.85. The molecule has 10 heteroatoms. The number of esters is 1. The monoisotopic (exact) mass is 520 g/mol. The number of hydrogen-bond donors (Lipinski definition) is 3. The zero-order valence-electron chi connectivity index (χ0n) is 20.5. The topological polar surface area (TPSA) is 145 Å². The lowest BCUT2D eigenvalue weighted by molar-refractivity contribution is -0.140. The molecule has 0 saturated heterocycles. The summed E-state index contributed by atoms with van der Waals surface area (Å²) in [6.07, 6.45) is -0.328. The van der Waals surface area contributed by atoms with Crippen LogP contribution in [0.3, 0.4) is 0 Å². The molecule has 0 amide bonds. The zero-order valence-corrected chi connectivity index (χ0v) is 20.5. The fraction of sp³-hybridized carbons (Fsp3) is 0.214. The van der Waals surface area contributed by atoms with Crippen LogP contribution in [-0.4, -0.2) is 48.7 Å². The summed E-state index contributed by atoms with van der Waals surface area (Å²) in [5, 5.41) is 32.0. The van der Waals surface area contributed by atoms with Gasteiger partial charge in [0.25, 0.3) is 0 Å². The van der Waals surface area contributed by atoms with Gasteiger partial charge in [0.15, 0.2) is 28.4 Å². The van der Waals surface area contributed by atoms with Crippen molar-refractivity contribution in [3.8, 4) is 45.8 Å². The Kier molecular flexibility index (Phi) is 6.46. The van der Waals surface area contributed by atoms with E-state index in [1.54, 1.807) is 42.5 Å². The molecule has 1 aliphatic rings. The van der Waals surface area contributed by atoms with E-state index in [9.17, 15) is 24.9 Å². The van der Waals surface area contributed by atoms with E-state index in [2.05, 4.69) is 0 Å². The van der Waals surface area contributed by atoms with Gasteiger partial charge in [-0.05, 0) is 17.7 Å². The molecule has 10 nitrogen and oxygen atoms in total. The molecule has 0 spiro atoms. The van der Waals surface area contributed by atoms with Gasteiger partial charge in [-0.15, -0.1) is 0 Å². The quantitative estimate of drug-likeness (QED) is 0.251. The first-order valence-electron chi connectivity index (χ1n) is 11.7. The molecular weight excluding hydrogens is 496 g/mol. The van der Waals surface area contributed by atoms with E-state index in [1.807, 2.05) is 0 Å². The number of benzene rings is 3. The van der Waals surface area contributed by atoms with Gasteiger partial charge in [-0.2, -0.15) is 0 Å². The van der Waals surface area contributed by atoms with Gasteiger partial charge in [-0.3, -0.25) is 9.59 Å². The Morgan fingerprint density at radius 2 is 1.71 bits per heavy atom. The van der Waals surface area contributed by atoms with Crippen LogP contribution in [0.5, 0.6) is 34.5 Å². The normalized spacial score (nSPS) is 13.2. The van der Waals surface area contributed by atoms with Crippen LogP contribution < -0.4 is 19.6 Å². The van der Waals surface area contributed by atoms with Crippen molar-refractivity contribution >= 4 is 16.9 Å². The van der Waals surface area contributed by atoms with Crippen molar-refractivity contribution in [2.24, 2.45) is 0 Å². The molecule has 4 aromatic rings. The molecule has 5 rings (SSSR count). The number of fused-ring (bicyclic) bond motifs is 2. The summed E-state index contributed by atoms with van der Waals surface area (Å²) in [6.45, 7) is 0.601.